The molecule has 0 aliphatic rings. The van der Waals surface area contributed by atoms with Crippen molar-refractivity contribution in [3.8, 4) is 5.69 Å². The van der Waals surface area contributed by atoms with Gasteiger partial charge in [0.05, 0.1) is 28.8 Å². The molecule has 1 aromatic carbocycles. The van der Waals surface area contributed by atoms with Gasteiger partial charge in [0.1, 0.15) is 5.82 Å². The molecule has 0 saturated carbocycles. The van der Waals surface area contributed by atoms with Gasteiger partial charge >= 0.3 is 0 Å². The summed E-state index contributed by atoms with van der Waals surface area (Å²) in [6.45, 7) is 3.95. The van der Waals surface area contributed by atoms with E-state index in [9.17, 15) is 4.79 Å². The van der Waals surface area contributed by atoms with Gasteiger partial charge in [0.2, 0.25) is 5.91 Å². The summed E-state index contributed by atoms with van der Waals surface area (Å²) < 4.78 is 3.72. The molecule has 6 nitrogen and oxygen atoms in total. The number of carbonyl (C=O) groups is 1. The lowest BCUT2D eigenvalue weighted by Gasteiger charge is -2.09. The maximum atomic E-state index is 12.5. The Balaban J connectivity index is 1.48. The molecule has 4 aromatic rings. The molecule has 0 spiro atoms. The van der Waals surface area contributed by atoms with Gasteiger partial charge < -0.3 is 5.32 Å². The zero-order valence-corrected chi connectivity index (χ0v) is 15.9. The average molecular weight is 377 g/mol. The summed E-state index contributed by atoms with van der Waals surface area (Å²) in [5.74, 6) is 0.836. The van der Waals surface area contributed by atoms with E-state index in [4.69, 9.17) is 0 Å². The molecule has 0 aliphatic carbocycles. The quantitative estimate of drug-likeness (QED) is 0.536. The van der Waals surface area contributed by atoms with Crippen LogP contribution in [0.5, 0.6) is 0 Å². The van der Waals surface area contributed by atoms with Crippen molar-refractivity contribution in [3.05, 3.63) is 72.2 Å². The average Bonchev–Trinajstić information content (AvgIpc) is 3.24. The molecule has 0 radical (unpaired) electrons. The highest BCUT2D eigenvalue weighted by Gasteiger charge is 2.12. The smallest absolute Gasteiger partial charge is 0.236 e. The number of amides is 1. The van der Waals surface area contributed by atoms with E-state index in [2.05, 4.69) is 15.4 Å². The van der Waals surface area contributed by atoms with Gasteiger partial charge in [-0.1, -0.05) is 35.5 Å². The number of fused-ring (bicyclic) bond motifs is 1. The topological polar surface area (TPSA) is 64.2 Å². The zero-order valence-electron chi connectivity index (χ0n) is 15.1. The monoisotopic (exact) mass is 377 g/mol. The highest BCUT2D eigenvalue weighted by atomic mass is 32.2. The fourth-order valence-electron chi connectivity index (χ4n) is 2.81. The normalized spacial score (nSPS) is 11.0. The minimum absolute atomic E-state index is 0.0963. The Morgan fingerprint density at radius 1 is 1.15 bits per heavy atom. The molecule has 1 N–H and O–H groups in total. The third kappa shape index (κ3) is 3.73. The summed E-state index contributed by atoms with van der Waals surface area (Å²) in [6, 6.07) is 15.8. The van der Waals surface area contributed by atoms with Crippen LogP contribution in [0.15, 0.2) is 66.1 Å². The van der Waals surface area contributed by atoms with Crippen molar-refractivity contribution in [1.29, 1.82) is 0 Å². The third-order valence-electron chi connectivity index (χ3n) is 4.11. The van der Waals surface area contributed by atoms with E-state index in [-0.39, 0.29) is 11.7 Å². The van der Waals surface area contributed by atoms with E-state index >= 15 is 0 Å². The molecule has 3 heterocycles. The van der Waals surface area contributed by atoms with E-state index in [1.807, 2.05) is 73.0 Å². The SMILES string of the molecule is Cc1ccc(-n2nc(C)cc2NC(=O)CSc2ncc3ccccn23)cc1. The second-order valence-electron chi connectivity index (χ2n) is 6.29. The summed E-state index contributed by atoms with van der Waals surface area (Å²) in [7, 11) is 0. The Morgan fingerprint density at radius 3 is 2.78 bits per heavy atom. The molecule has 0 fully saturated rings. The van der Waals surface area contributed by atoms with Crippen molar-refractivity contribution >= 4 is 29.0 Å². The Morgan fingerprint density at radius 2 is 1.96 bits per heavy atom. The first-order valence-corrected chi connectivity index (χ1v) is 9.57. The Kier molecular flexibility index (Phi) is 4.68. The molecule has 0 saturated heterocycles. The van der Waals surface area contributed by atoms with Gasteiger partial charge in [-0.2, -0.15) is 5.10 Å². The number of rotatable bonds is 5. The minimum Gasteiger partial charge on any atom is -0.310 e. The lowest BCUT2D eigenvalue weighted by atomic mass is 10.2. The van der Waals surface area contributed by atoms with Crippen LogP contribution < -0.4 is 5.32 Å². The molecule has 1 amide bonds. The lowest BCUT2D eigenvalue weighted by molar-refractivity contribution is -0.113. The van der Waals surface area contributed by atoms with Gasteiger partial charge in [-0.25, -0.2) is 9.67 Å². The maximum Gasteiger partial charge on any atom is 0.236 e. The summed E-state index contributed by atoms with van der Waals surface area (Å²) in [5.41, 5.74) is 3.94. The molecule has 0 aliphatic heterocycles. The lowest BCUT2D eigenvalue weighted by Crippen LogP contribution is -2.17. The number of hydrogen-bond donors (Lipinski definition) is 1. The number of anilines is 1. The molecule has 7 heteroatoms. The number of aryl methyl sites for hydroxylation is 2. The number of aromatic nitrogens is 4. The molecule has 4 rings (SSSR count). The maximum absolute atomic E-state index is 12.5. The van der Waals surface area contributed by atoms with Crippen molar-refractivity contribution in [1.82, 2.24) is 19.2 Å². The van der Waals surface area contributed by atoms with Crippen LogP contribution in [0.25, 0.3) is 11.2 Å². The third-order valence-corrected chi connectivity index (χ3v) is 5.08. The van der Waals surface area contributed by atoms with Crippen LogP contribution in [0.2, 0.25) is 0 Å². The van der Waals surface area contributed by atoms with Crippen LogP contribution in [0.4, 0.5) is 5.82 Å². The van der Waals surface area contributed by atoms with E-state index in [1.54, 1.807) is 10.9 Å². The largest absolute Gasteiger partial charge is 0.310 e. The van der Waals surface area contributed by atoms with Crippen LogP contribution in [0.1, 0.15) is 11.3 Å². The molecule has 0 bridgehead atoms. The van der Waals surface area contributed by atoms with Crippen LogP contribution in [-0.2, 0) is 4.79 Å². The predicted molar refractivity (Wildman–Crippen MR) is 108 cm³/mol. The Labute approximate surface area is 161 Å². The van der Waals surface area contributed by atoms with Gasteiger partial charge in [-0.15, -0.1) is 0 Å². The first-order valence-electron chi connectivity index (χ1n) is 8.58. The van der Waals surface area contributed by atoms with Crippen molar-refractivity contribution in [3.63, 3.8) is 0 Å². The zero-order chi connectivity index (χ0) is 18.8. The van der Waals surface area contributed by atoms with Gasteiger partial charge in [0.15, 0.2) is 5.16 Å². The second-order valence-corrected chi connectivity index (χ2v) is 7.23. The first kappa shape index (κ1) is 17.4. The summed E-state index contributed by atoms with van der Waals surface area (Å²) in [5, 5.41) is 8.25. The van der Waals surface area contributed by atoms with Crippen LogP contribution in [0, 0.1) is 13.8 Å². The van der Waals surface area contributed by atoms with E-state index in [0.717, 1.165) is 22.1 Å². The number of imidazole rings is 1. The highest BCUT2D eigenvalue weighted by Crippen LogP contribution is 2.20. The van der Waals surface area contributed by atoms with Gasteiger partial charge in [0.25, 0.3) is 0 Å². The summed E-state index contributed by atoms with van der Waals surface area (Å²) in [4.78, 5) is 16.9. The van der Waals surface area contributed by atoms with Crippen molar-refractivity contribution in [2.45, 2.75) is 19.0 Å². The van der Waals surface area contributed by atoms with Crippen molar-refractivity contribution in [2.24, 2.45) is 0 Å². The van der Waals surface area contributed by atoms with Crippen molar-refractivity contribution in [2.75, 3.05) is 11.1 Å². The Bertz CT molecular complexity index is 1100. The fraction of sp³-hybridized carbons (Fsp3) is 0.150. The number of nitrogens with one attached hydrogen (secondary N) is 1. The number of benzene rings is 1. The van der Waals surface area contributed by atoms with E-state index in [0.29, 0.717) is 5.82 Å². The molecule has 3 aromatic heterocycles. The van der Waals surface area contributed by atoms with Crippen LogP contribution >= 0.6 is 11.8 Å². The predicted octanol–water partition coefficient (Wildman–Crippen LogP) is 3.87. The van der Waals surface area contributed by atoms with E-state index in [1.165, 1.54) is 17.3 Å². The molecule has 0 unspecified atom stereocenters. The van der Waals surface area contributed by atoms with Crippen molar-refractivity contribution < 1.29 is 4.79 Å². The standard InChI is InChI=1S/C20H19N5OS/c1-14-6-8-16(9-7-14)25-18(11-15(2)23-25)22-19(26)13-27-20-21-12-17-5-3-4-10-24(17)20/h3-12H,13H2,1-2H3,(H,22,26). The molecule has 136 valence electrons. The Hall–Kier alpha value is -3.06. The number of hydrogen-bond acceptors (Lipinski definition) is 4. The number of carbonyl (C=O) groups excluding carboxylic acids is 1. The number of pyridine rings is 1. The number of thioether (sulfide) groups is 1. The van der Waals surface area contributed by atoms with Gasteiger partial charge in [-0.3, -0.25) is 9.20 Å². The molecular weight excluding hydrogens is 358 g/mol. The molecule has 0 atom stereocenters. The highest BCUT2D eigenvalue weighted by molar-refractivity contribution is 7.99. The molecular formula is C20H19N5OS. The number of nitrogens with zero attached hydrogens (tertiary/aromatic N) is 4. The van der Waals surface area contributed by atoms with Crippen LogP contribution in [-0.4, -0.2) is 30.8 Å². The molecule has 27 heavy (non-hydrogen) atoms. The summed E-state index contributed by atoms with van der Waals surface area (Å²) >= 11 is 1.40. The second kappa shape index (κ2) is 7.28. The fourth-order valence-corrected chi connectivity index (χ4v) is 3.57. The first-order chi connectivity index (χ1) is 13.1. The van der Waals surface area contributed by atoms with Gasteiger partial charge in [0, 0.05) is 12.3 Å². The minimum atomic E-state index is -0.0963. The van der Waals surface area contributed by atoms with Gasteiger partial charge in [-0.05, 0) is 38.1 Å². The van der Waals surface area contributed by atoms with Crippen LogP contribution in [0.3, 0.4) is 0 Å². The van der Waals surface area contributed by atoms with E-state index < -0.39 is 0 Å². The summed E-state index contributed by atoms with van der Waals surface area (Å²) in [6.07, 6.45) is 3.74.